The molecule has 1 amide bonds. The average Bonchev–Trinajstić information content (AvgIpc) is 3.48. The molecule has 1 aliphatic heterocycles. The Bertz CT molecular complexity index is 1430. The lowest BCUT2D eigenvalue weighted by Gasteiger charge is -2.27. The highest BCUT2D eigenvalue weighted by Gasteiger charge is 2.35. The molecule has 0 aliphatic carbocycles. The Labute approximate surface area is 215 Å². The quantitative estimate of drug-likeness (QED) is 0.361. The number of amides is 1. The number of rotatable bonds is 7. The van der Waals surface area contributed by atoms with E-state index >= 15 is 0 Å². The topological polar surface area (TPSA) is 85.4 Å². The highest BCUT2D eigenvalue weighted by atomic mass is 32.1. The molecule has 194 valence electrons. The molecule has 1 atom stereocenters. The van der Waals surface area contributed by atoms with Crippen molar-refractivity contribution in [3.63, 3.8) is 0 Å². The van der Waals surface area contributed by atoms with Crippen LogP contribution in [-0.2, 0) is 12.7 Å². The lowest BCUT2D eigenvalue weighted by Crippen LogP contribution is -2.42. The van der Waals surface area contributed by atoms with Crippen LogP contribution in [0, 0.1) is 0 Å². The molecule has 2 aromatic carbocycles. The van der Waals surface area contributed by atoms with Gasteiger partial charge in [0.25, 0.3) is 5.91 Å². The van der Waals surface area contributed by atoms with E-state index in [2.05, 4.69) is 27.3 Å². The lowest BCUT2D eigenvalue weighted by molar-refractivity contribution is -0.138. The Balaban J connectivity index is 1.46. The van der Waals surface area contributed by atoms with Crippen molar-refractivity contribution in [1.29, 1.82) is 0 Å². The minimum Gasteiger partial charge on any atom is -0.484 e. The van der Waals surface area contributed by atoms with Crippen molar-refractivity contribution < 1.29 is 22.7 Å². The van der Waals surface area contributed by atoms with Gasteiger partial charge in [0.1, 0.15) is 28.1 Å². The summed E-state index contributed by atoms with van der Waals surface area (Å²) in [5, 5.41) is 3.97. The number of nitrogens with two attached hydrogens (primary N) is 1. The lowest BCUT2D eigenvalue weighted by atomic mass is 10.0. The number of carbonyl (C=O) groups is 1. The summed E-state index contributed by atoms with van der Waals surface area (Å²) < 4.78 is 48.3. The average molecular weight is 530 g/mol. The zero-order valence-corrected chi connectivity index (χ0v) is 20.9. The van der Waals surface area contributed by atoms with Gasteiger partial charge in [-0.1, -0.05) is 24.3 Å². The summed E-state index contributed by atoms with van der Waals surface area (Å²) in [6, 6.07) is 12.9. The second-order valence-corrected chi connectivity index (χ2v) is 9.98. The van der Waals surface area contributed by atoms with Gasteiger partial charge in [-0.25, -0.2) is 4.98 Å². The number of ether oxygens (including phenoxy) is 1. The van der Waals surface area contributed by atoms with Gasteiger partial charge < -0.3 is 15.8 Å². The fourth-order valence-corrected chi connectivity index (χ4v) is 5.49. The molecule has 2 aromatic heterocycles. The maximum absolute atomic E-state index is 13.5. The molecule has 0 bridgehead atoms. The number of nitrogens with zero attached hydrogens (tertiary/aromatic N) is 3. The van der Waals surface area contributed by atoms with Crippen LogP contribution in [0.4, 0.5) is 13.2 Å². The van der Waals surface area contributed by atoms with Crippen molar-refractivity contribution in [2.24, 2.45) is 5.73 Å². The Morgan fingerprint density at radius 3 is 2.68 bits per heavy atom. The molecule has 1 saturated heterocycles. The van der Waals surface area contributed by atoms with E-state index < -0.39 is 23.8 Å². The maximum Gasteiger partial charge on any atom is 0.416 e. The summed E-state index contributed by atoms with van der Waals surface area (Å²) >= 11 is 1.11. The molecule has 1 unspecified atom stereocenters. The smallest absolute Gasteiger partial charge is 0.416 e. The minimum atomic E-state index is -4.53. The van der Waals surface area contributed by atoms with Crippen LogP contribution in [0.5, 0.6) is 5.75 Å². The number of nitrogens with one attached hydrogen (secondary N) is 1. The van der Waals surface area contributed by atoms with E-state index in [1.165, 1.54) is 25.1 Å². The number of imidazole rings is 1. The van der Waals surface area contributed by atoms with Gasteiger partial charge in [0.15, 0.2) is 0 Å². The molecule has 0 spiro atoms. The van der Waals surface area contributed by atoms with Gasteiger partial charge in [0.05, 0.1) is 16.6 Å². The van der Waals surface area contributed by atoms with Crippen molar-refractivity contribution in [2.75, 3.05) is 26.2 Å². The number of piperazine rings is 1. The van der Waals surface area contributed by atoms with Crippen LogP contribution < -0.4 is 15.8 Å². The largest absolute Gasteiger partial charge is 0.484 e. The zero-order chi connectivity index (χ0) is 26.2. The Morgan fingerprint density at radius 1 is 1.19 bits per heavy atom. The summed E-state index contributed by atoms with van der Waals surface area (Å²) in [7, 11) is 0. The van der Waals surface area contributed by atoms with Crippen LogP contribution in [-0.4, -0.2) is 46.5 Å². The first kappa shape index (κ1) is 25.2. The van der Waals surface area contributed by atoms with Crippen molar-refractivity contribution in [3.8, 4) is 10.8 Å². The van der Waals surface area contributed by atoms with E-state index in [0.717, 1.165) is 66.7 Å². The Kier molecular flexibility index (Phi) is 6.93. The molecule has 0 saturated carbocycles. The van der Waals surface area contributed by atoms with Crippen molar-refractivity contribution in [2.45, 2.75) is 25.7 Å². The number of primary amides is 1. The van der Waals surface area contributed by atoms with Gasteiger partial charge in [-0.15, -0.1) is 11.3 Å². The second kappa shape index (κ2) is 10.2. The summed E-state index contributed by atoms with van der Waals surface area (Å²) in [6.45, 7) is 6.19. The van der Waals surface area contributed by atoms with E-state index in [1.54, 1.807) is 12.4 Å². The fourth-order valence-electron chi connectivity index (χ4n) is 4.56. The first-order valence-corrected chi connectivity index (χ1v) is 12.7. The number of halogens is 3. The van der Waals surface area contributed by atoms with Crippen LogP contribution in [0.25, 0.3) is 16.0 Å². The van der Waals surface area contributed by atoms with Crippen LogP contribution in [0.1, 0.15) is 39.4 Å². The number of carbonyl (C=O) groups excluding carboxylic acids is 1. The number of aromatic nitrogens is 2. The van der Waals surface area contributed by atoms with Crippen LogP contribution in [0.15, 0.2) is 54.9 Å². The molecule has 4 aromatic rings. The van der Waals surface area contributed by atoms with Crippen molar-refractivity contribution >= 4 is 28.3 Å². The van der Waals surface area contributed by atoms with Gasteiger partial charge in [-0.2, -0.15) is 13.2 Å². The molecular formula is C26H26F3N5O2S. The number of thiophene rings is 1. The van der Waals surface area contributed by atoms with Crippen molar-refractivity contribution in [3.05, 3.63) is 76.4 Å². The molecule has 1 aliphatic rings. The van der Waals surface area contributed by atoms with E-state index in [-0.39, 0.29) is 16.2 Å². The third-order valence-corrected chi connectivity index (χ3v) is 7.51. The monoisotopic (exact) mass is 529 g/mol. The molecule has 0 radical (unpaired) electrons. The van der Waals surface area contributed by atoms with E-state index in [9.17, 15) is 18.0 Å². The van der Waals surface area contributed by atoms with Gasteiger partial charge in [0, 0.05) is 44.4 Å². The van der Waals surface area contributed by atoms with Crippen LogP contribution in [0.3, 0.4) is 0 Å². The van der Waals surface area contributed by atoms with E-state index in [1.807, 2.05) is 10.6 Å². The van der Waals surface area contributed by atoms with Crippen molar-refractivity contribution in [1.82, 2.24) is 19.8 Å². The first-order chi connectivity index (χ1) is 17.7. The molecule has 3 N–H and O–H groups in total. The second-order valence-electron chi connectivity index (χ2n) is 8.95. The van der Waals surface area contributed by atoms with Gasteiger partial charge in [-0.05, 0) is 30.7 Å². The van der Waals surface area contributed by atoms with Crippen LogP contribution >= 0.6 is 11.3 Å². The van der Waals surface area contributed by atoms with Gasteiger partial charge in [0.2, 0.25) is 0 Å². The fraction of sp³-hybridized carbons (Fsp3) is 0.308. The first-order valence-electron chi connectivity index (χ1n) is 11.9. The van der Waals surface area contributed by atoms with E-state index in [0.29, 0.717) is 5.00 Å². The van der Waals surface area contributed by atoms with Crippen LogP contribution in [0.2, 0.25) is 0 Å². The number of hydrogen-bond donors (Lipinski definition) is 2. The zero-order valence-electron chi connectivity index (χ0n) is 20.1. The number of benzene rings is 2. The third kappa shape index (κ3) is 5.34. The Hall–Kier alpha value is -3.41. The van der Waals surface area contributed by atoms with E-state index in [4.69, 9.17) is 10.5 Å². The maximum atomic E-state index is 13.5. The molecule has 3 heterocycles. The molecular weight excluding hydrogens is 503 g/mol. The summed E-state index contributed by atoms with van der Waals surface area (Å²) in [4.78, 5) is 19.2. The normalized spacial score (nSPS) is 15.7. The molecule has 37 heavy (non-hydrogen) atoms. The summed E-state index contributed by atoms with van der Waals surface area (Å²) in [6.07, 6.45) is -3.84. The highest BCUT2D eigenvalue weighted by molar-refractivity contribution is 7.16. The van der Waals surface area contributed by atoms with Gasteiger partial charge >= 0.3 is 6.18 Å². The summed E-state index contributed by atoms with van der Waals surface area (Å²) in [5.41, 5.74) is 7.58. The molecule has 5 rings (SSSR count). The number of fused-ring (bicyclic) bond motifs is 1. The minimum absolute atomic E-state index is 0.0243. The predicted octanol–water partition coefficient (Wildman–Crippen LogP) is 4.75. The predicted molar refractivity (Wildman–Crippen MR) is 136 cm³/mol. The van der Waals surface area contributed by atoms with Gasteiger partial charge in [-0.3, -0.25) is 14.3 Å². The summed E-state index contributed by atoms with van der Waals surface area (Å²) in [5.74, 6) is -0.581. The molecule has 1 fully saturated rings. The standard InChI is InChI=1S/C26H26F3N5O2S/c1-16(18-4-2-3-5-19(18)26(27,28)29)36-22-13-23(37-24(22)25(30)35)34-15-32-20-7-6-17(12-21(20)34)14-33-10-8-31-9-11-33/h2-7,12-13,15-16,31H,8-11,14H2,1H3,(H2,30,35). The SMILES string of the molecule is CC(Oc1cc(-n2cnc3ccc(CN4CCNCC4)cc32)sc1C(N)=O)c1ccccc1C(F)(F)F. The molecule has 7 nitrogen and oxygen atoms in total. The highest BCUT2D eigenvalue weighted by Crippen LogP contribution is 2.39. The molecule has 11 heteroatoms. The third-order valence-electron chi connectivity index (χ3n) is 6.38. The number of hydrogen-bond acceptors (Lipinski definition) is 6. The Morgan fingerprint density at radius 2 is 1.95 bits per heavy atom. The number of alkyl halides is 3.